The van der Waals surface area contributed by atoms with Crippen molar-refractivity contribution in [2.24, 2.45) is 4.99 Å². The topological polar surface area (TPSA) is 45.1 Å². The highest BCUT2D eigenvalue weighted by atomic mass is 32.2. The number of ether oxygens (including phenoxy) is 1. The summed E-state index contributed by atoms with van der Waals surface area (Å²) in [6, 6.07) is 8.21. The fourth-order valence-corrected chi connectivity index (χ4v) is 3.88. The van der Waals surface area contributed by atoms with E-state index >= 15 is 0 Å². The lowest BCUT2D eigenvalue weighted by molar-refractivity contribution is -0.117. The minimum Gasteiger partial charge on any atom is -0.494 e. The van der Waals surface area contributed by atoms with Crippen molar-refractivity contribution in [3.05, 3.63) is 24.3 Å². The largest absolute Gasteiger partial charge is 0.494 e. The average molecular weight is 333 g/mol. The third-order valence-electron chi connectivity index (χ3n) is 4.01. The zero-order valence-electron chi connectivity index (χ0n) is 13.9. The molecule has 2 aliphatic rings. The molecule has 1 aromatic rings. The van der Waals surface area contributed by atoms with Crippen LogP contribution in [0, 0.1) is 0 Å². The fourth-order valence-electron chi connectivity index (χ4n) is 2.66. The molecule has 1 amide bonds. The summed E-state index contributed by atoms with van der Waals surface area (Å²) in [4.78, 5) is 21.0. The number of amides is 1. The van der Waals surface area contributed by atoms with Gasteiger partial charge in [-0.3, -0.25) is 14.7 Å². The van der Waals surface area contributed by atoms with E-state index in [1.807, 2.05) is 43.1 Å². The molecule has 0 bridgehead atoms. The van der Waals surface area contributed by atoms with Gasteiger partial charge >= 0.3 is 0 Å². The van der Waals surface area contributed by atoms with Crippen LogP contribution in [0.15, 0.2) is 29.3 Å². The molecule has 5 nitrogen and oxygen atoms in total. The Morgan fingerprint density at radius 2 is 2.09 bits per heavy atom. The lowest BCUT2D eigenvalue weighted by atomic mass is 10.2. The first-order chi connectivity index (χ1) is 11.1. The van der Waals surface area contributed by atoms with Crippen LogP contribution in [-0.4, -0.2) is 47.6 Å². The van der Waals surface area contributed by atoms with Crippen molar-refractivity contribution in [3.63, 3.8) is 0 Å². The number of anilines is 1. The van der Waals surface area contributed by atoms with E-state index in [2.05, 4.69) is 4.90 Å². The molecule has 0 aromatic heterocycles. The number of rotatable bonds is 5. The summed E-state index contributed by atoms with van der Waals surface area (Å²) < 4.78 is 5.48. The Kier molecular flexibility index (Phi) is 4.80. The van der Waals surface area contributed by atoms with E-state index in [9.17, 15) is 4.79 Å². The van der Waals surface area contributed by atoms with Crippen molar-refractivity contribution >= 4 is 28.5 Å². The van der Waals surface area contributed by atoms with E-state index in [4.69, 9.17) is 9.73 Å². The third kappa shape index (κ3) is 3.63. The Morgan fingerprint density at radius 3 is 2.65 bits per heavy atom. The van der Waals surface area contributed by atoms with Gasteiger partial charge in [-0.25, -0.2) is 0 Å². The summed E-state index contributed by atoms with van der Waals surface area (Å²) in [7, 11) is 2.02. The highest BCUT2D eigenvalue weighted by Crippen LogP contribution is 2.33. The van der Waals surface area contributed by atoms with Gasteiger partial charge in [-0.05, 0) is 44.0 Å². The highest BCUT2D eigenvalue weighted by molar-refractivity contribution is 8.14. The van der Waals surface area contributed by atoms with Crippen LogP contribution in [0.25, 0.3) is 0 Å². The van der Waals surface area contributed by atoms with Crippen LogP contribution < -0.4 is 9.64 Å². The average Bonchev–Trinajstić information content (AvgIpc) is 3.28. The Morgan fingerprint density at radius 1 is 1.39 bits per heavy atom. The Labute approximate surface area is 141 Å². The monoisotopic (exact) mass is 333 g/mol. The van der Waals surface area contributed by atoms with Crippen molar-refractivity contribution in [1.29, 1.82) is 0 Å². The van der Waals surface area contributed by atoms with Gasteiger partial charge in [0, 0.05) is 25.4 Å². The van der Waals surface area contributed by atoms with E-state index < -0.39 is 0 Å². The van der Waals surface area contributed by atoms with Crippen molar-refractivity contribution < 1.29 is 9.53 Å². The molecule has 3 rings (SSSR count). The van der Waals surface area contributed by atoms with Gasteiger partial charge in [-0.15, -0.1) is 0 Å². The lowest BCUT2D eigenvalue weighted by Gasteiger charge is -2.32. The summed E-state index contributed by atoms with van der Waals surface area (Å²) in [5.74, 6) is 1.71. The van der Waals surface area contributed by atoms with Crippen LogP contribution in [0.1, 0.15) is 26.7 Å². The first-order valence-electron chi connectivity index (χ1n) is 8.06. The maximum absolute atomic E-state index is 12.2. The Hall–Kier alpha value is -1.69. The normalized spacial score (nSPS) is 22.5. The molecule has 1 heterocycles. The first-order valence-corrected chi connectivity index (χ1v) is 9.04. The minimum atomic E-state index is 0.00736. The molecule has 1 aliphatic carbocycles. The Bertz CT molecular complexity index is 598. The lowest BCUT2D eigenvalue weighted by Crippen LogP contribution is -2.48. The quantitative estimate of drug-likeness (QED) is 0.831. The molecule has 6 heteroatoms. The summed E-state index contributed by atoms with van der Waals surface area (Å²) in [5, 5.41) is 1.05. The summed E-state index contributed by atoms with van der Waals surface area (Å²) in [5.41, 5.74) is 0.895. The molecule has 1 saturated carbocycles. The molecule has 1 atom stereocenters. The zero-order chi connectivity index (χ0) is 16.4. The van der Waals surface area contributed by atoms with Crippen LogP contribution in [-0.2, 0) is 4.79 Å². The van der Waals surface area contributed by atoms with Gasteiger partial charge in [-0.1, -0.05) is 11.8 Å². The SMILES string of the molecule is CCOc1ccc(N(C(C)=O)C2CSC(=NC3CC3)N2C)cc1. The molecule has 1 unspecified atom stereocenters. The number of thioether (sulfide) groups is 1. The van der Waals surface area contributed by atoms with Crippen molar-refractivity contribution in [2.75, 3.05) is 24.3 Å². The number of aliphatic imine (C=N–C) groups is 1. The van der Waals surface area contributed by atoms with E-state index in [-0.39, 0.29) is 12.1 Å². The Balaban J connectivity index is 1.80. The van der Waals surface area contributed by atoms with Gasteiger partial charge in [0.1, 0.15) is 11.9 Å². The molecule has 2 fully saturated rings. The standard InChI is InChI=1S/C17H23N3O2S/c1-4-22-15-9-7-14(8-10-15)20(12(2)21)16-11-23-17(19(16)3)18-13-5-6-13/h7-10,13,16H,4-6,11H2,1-3H3. The number of benzene rings is 1. The molecule has 1 aliphatic heterocycles. The van der Waals surface area contributed by atoms with Gasteiger partial charge in [0.25, 0.3) is 0 Å². The molecule has 1 aromatic carbocycles. The fraction of sp³-hybridized carbons (Fsp3) is 0.529. The predicted octanol–water partition coefficient (Wildman–Crippen LogP) is 2.96. The number of amidine groups is 1. The van der Waals surface area contributed by atoms with Gasteiger partial charge in [0.15, 0.2) is 5.17 Å². The molecule has 1 saturated heterocycles. The molecule has 0 spiro atoms. The second-order valence-corrected chi connectivity index (χ2v) is 6.85. The van der Waals surface area contributed by atoms with Crippen LogP contribution in [0.3, 0.4) is 0 Å². The number of carbonyl (C=O) groups is 1. The number of carbonyl (C=O) groups excluding carboxylic acids is 1. The zero-order valence-corrected chi connectivity index (χ0v) is 14.7. The molecule has 0 N–H and O–H groups in total. The number of hydrogen-bond acceptors (Lipinski definition) is 4. The van der Waals surface area contributed by atoms with E-state index in [0.29, 0.717) is 12.6 Å². The van der Waals surface area contributed by atoms with Crippen LogP contribution in [0.2, 0.25) is 0 Å². The molecular formula is C17H23N3O2S. The van der Waals surface area contributed by atoms with Gasteiger partial charge in [0.05, 0.1) is 12.6 Å². The number of hydrogen-bond donors (Lipinski definition) is 0. The van der Waals surface area contributed by atoms with Crippen molar-refractivity contribution in [1.82, 2.24) is 4.90 Å². The summed E-state index contributed by atoms with van der Waals surface area (Å²) in [6.07, 6.45) is 2.39. The second-order valence-electron chi connectivity index (χ2n) is 5.86. The van der Waals surface area contributed by atoms with Crippen LogP contribution in [0.5, 0.6) is 5.75 Å². The van der Waals surface area contributed by atoms with E-state index in [1.54, 1.807) is 18.7 Å². The molecule has 23 heavy (non-hydrogen) atoms. The smallest absolute Gasteiger partial charge is 0.225 e. The third-order valence-corrected chi connectivity index (χ3v) is 5.13. The predicted molar refractivity (Wildman–Crippen MR) is 95.2 cm³/mol. The molecular weight excluding hydrogens is 310 g/mol. The summed E-state index contributed by atoms with van der Waals surface area (Å²) >= 11 is 1.74. The van der Waals surface area contributed by atoms with Crippen molar-refractivity contribution in [3.8, 4) is 5.75 Å². The van der Waals surface area contributed by atoms with Crippen LogP contribution >= 0.6 is 11.8 Å². The molecule has 124 valence electrons. The first kappa shape index (κ1) is 16.2. The molecule has 0 radical (unpaired) electrons. The van der Waals surface area contributed by atoms with Gasteiger partial charge in [0.2, 0.25) is 5.91 Å². The van der Waals surface area contributed by atoms with Gasteiger partial charge in [-0.2, -0.15) is 0 Å². The number of nitrogens with zero attached hydrogens (tertiary/aromatic N) is 3. The maximum atomic E-state index is 12.2. The highest BCUT2D eigenvalue weighted by Gasteiger charge is 2.35. The van der Waals surface area contributed by atoms with Crippen LogP contribution in [0.4, 0.5) is 5.69 Å². The summed E-state index contributed by atoms with van der Waals surface area (Å²) in [6.45, 7) is 4.21. The van der Waals surface area contributed by atoms with E-state index in [0.717, 1.165) is 22.4 Å². The maximum Gasteiger partial charge on any atom is 0.225 e. The second kappa shape index (κ2) is 6.83. The van der Waals surface area contributed by atoms with Gasteiger partial charge < -0.3 is 9.64 Å². The van der Waals surface area contributed by atoms with E-state index in [1.165, 1.54) is 12.8 Å². The minimum absolute atomic E-state index is 0.00736. The van der Waals surface area contributed by atoms with Crippen molar-refractivity contribution in [2.45, 2.75) is 38.9 Å².